The van der Waals surface area contributed by atoms with Crippen LogP contribution in [0.5, 0.6) is 5.75 Å². The number of halogens is 3. The Labute approximate surface area is 175 Å². The van der Waals surface area contributed by atoms with Crippen LogP contribution >= 0.6 is 0 Å². The van der Waals surface area contributed by atoms with Gasteiger partial charge in [0.25, 0.3) is 0 Å². The molecule has 0 heterocycles. The van der Waals surface area contributed by atoms with Crippen molar-refractivity contribution in [2.24, 2.45) is 4.99 Å². The molecule has 2 rings (SSSR count). The molecule has 31 heavy (non-hydrogen) atoms. The molecule has 0 radical (unpaired) electrons. The SMILES string of the molecule is C=Nc1ccc(OC(F)(F)F)cc1/C(Nc1ccccc1C(=O)O)=C(\C)C(=O)OCC. The summed E-state index contributed by atoms with van der Waals surface area (Å²) in [5.41, 5.74) is 0.118. The van der Waals surface area contributed by atoms with Crippen molar-refractivity contribution in [1.29, 1.82) is 0 Å². The van der Waals surface area contributed by atoms with Gasteiger partial charge in [0.15, 0.2) is 0 Å². The molecule has 0 fully saturated rings. The Kier molecular flexibility index (Phi) is 7.41. The lowest BCUT2D eigenvalue weighted by atomic mass is 10.0. The number of rotatable bonds is 8. The maximum Gasteiger partial charge on any atom is 0.573 e. The molecule has 0 saturated heterocycles. The zero-order valence-electron chi connectivity index (χ0n) is 16.6. The minimum Gasteiger partial charge on any atom is -0.478 e. The highest BCUT2D eigenvalue weighted by Gasteiger charge is 2.31. The van der Waals surface area contributed by atoms with Crippen molar-refractivity contribution in [2.45, 2.75) is 20.2 Å². The van der Waals surface area contributed by atoms with E-state index < -0.39 is 24.1 Å². The number of para-hydroxylation sites is 1. The van der Waals surface area contributed by atoms with Crippen LogP contribution in [-0.4, -0.2) is 36.7 Å². The Balaban J connectivity index is 2.71. The molecule has 164 valence electrons. The van der Waals surface area contributed by atoms with Gasteiger partial charge >= 0.3 is 18.3 Å². The maximum absolute atomic E-state index is 12.7. The van der Waals surface area contributed by atoms with Crippen LogP contribution in [0.4, 0.5) is 24.5 Å². The average Bonchev–Trinajstić information content (AvgIpc) is 2.70. The second kappa shape index (κ2) is 9.79. The summed E-state index contributed by atoms with van der Waals surface area (Å²) in [6.45, 7) is 6.43. The smallest absolute Gasteiger partial charge is 0.478 e. The van der Waals surface area contributed by atoms with Crippen molar-refractivity contribution in [3.8, 4) is 5.75 Å². The Hall–Kier alpha value is -3.82. The molecule has 0 aliphatic heterocycles. The van der Waals surface area contributed by atoms with Crippen LogP contribution in [0.3, 0.4) is 0 Å². The zero-order chi connectivity index (χ0) is 23.2. The van der Waals surface area contributed by atoms with E-state index in [1.165, 1.54) is 31.2 Å². The fraction of sp³-hybridized carbons (Fsp3) is 0.190. The average molecular weight is 436 g/mol. The van der Waals surface area contributed by atoms with Crippen LogP contribution in [0, 0.1) is 0 Å². The van der Waals surface area contributed by atoms with E-state index in [1.54, 1.807) is 13.0 Å². The fourth-order valence-corrected chi connectivity index (χ4v) is 2.67. The lowest BCUT2D eigenvalue weighted by molar-refractivity contribution is -0.274. The predicted octanol–water partition coefficient (Wildman–Crippen LogP) is 5.02. The number of alkyl halides is 3. The molecule has 10 heteroatoms. The van der Waals surface area contributed by atoms with Crippen LogP contribution in [0.25, 0.3) is 5.70 Å². The predicted molar refractivity (Wildman–Crippen MR) is 109 cm³/mol. The number of aliphatic imine (C=N–C) groups is 1. The normalized spacial score (nSPS) is 11.9. The molecular weight excluding hydrogens is 417 g/mol. The highest BCUT2D eigenvalue weighted by atomic mass is 19.4. The molecular formula is C21H19F3N2O5. The third-order valence-corrected chi connectivity index (χ3v) is 4.02. The van der Waals surface area contributed by atoms with E-state index in [0.717, 1.165) is 12.1 Å². The molecule has 0 aromatic heterocycles. The fourth-order valence-electron chi connectivity index (χ4n) is 2.67. The molecule has 0 saturated carbocycles. The van der Waals surface area contributed by atoms with E-state index in [-0.39, 0.29) is 40.4 Å². The first-order valence-corrected chi connectivity index (χ1v) is 8.91. The standard InChI is InChI=1S/C21H19F3N2O5/c1-4-30-20(29)12(2)18(26-17-8-6-5-7-14(17)19(27)28)15-11-13(31-21(22,23)24)9-10-16(15)25-3/h5-11,26H,3-4H2,1-2H3,(H,27,28)/b18-12-. The minimum absolute atomic E-state index is 0.0119. The Bertz CT molecular complexity index is 1030. The third-order valence-electron chi connectivity index (χ3n) is 4.02. The van der Waals surface area contributed by atoms with Gasteiger partial charge in [0.1, 0.15) is 5.75 Å². The summed E-state index contributed by atoms with van der Waals surface area (Å²) in [5.74, 6) is -2.56. The van der Waals surface area contributed by atoms with Crippen LogP contribution in [-0.2, 0) is 9.53 Å². The quantitative estimate of drug-likeness (QED) is 0.343. The Morgan fingerprint density at radius 2 is 1.84 bits per heavy atom. The molecule has 2 N–H and O–H groups in total. The Morgan fingerprint density at radius 3 is 2.42 bits per heavy atom. The number of carboxylic acid groups (broad SMARTS) is 1. The third kappa shape index (κ3) is 6.08. The molecule has 0 atom stereocenters. The van der Waals surface area contributed by atoms with Gasteiger partial charge in [-0.25, -0.2) is 9.59 Å². The number of carbonyl (C=O) groups excluding carboxylic acids is 1. The van der Waals surface area contributed by atoms with E-state index in [4.69, 9.17) is 4.74 Å². The number of anilines is 1. The number of carboxylic acids is 1. The summed E-state index contributed by atoms with van der Waals surface area (Å²) < 4.78 is 47.1. The minimum atomic E-state index is -4.94. The van der Waals surface area contributed by atoms with E-state index in [9.17, 15) is 27.9 Å². The van der Waals surface area contributed by atoms with E-state index in [2.05, 4.69) is 21.8 Å². The molecule has 2 aromatic carbocycles. The zero-order valence-corrected chi connectivity index (χ0v) is 16.6. The highest BCUT2D eigenvalue weighted by molar-refractivity contribution is 6.03. The molecule has 0 aliphatic carbocycles. The number of ether oxygens (including phenoxy) is 2. The number of benzene rings is 2. The van der Waals surface area contributed by atoms with E-state index in [0.29, 0.717) is 0 Å². The molecule has 7 nitrogen and oxygen atoms in total. The van der Waals surface area contributed by atoms with Crippen molar-refractivity contribution >= 4 is 35.7 Å². The van der Waals surface area contributed by atoms with Gasteiger partial charge in [0.05, 0.1) is 34.8 Å². The lowest BCUT2D eigenvalue weighted by Crippen LogP contribution is -2.17. The summed E-state index contributed by atoms with van der Waals surface area (Å²) in [6, 6.07) is 9.13. The molecule has 0 aliphatic rings. The monoisotopic (exact) mass is 436 g/mol. The van der Waals surface area contributed by atoms with Gasteiger partial charge in [-0.15, -0.1) is 13.2 Å². The summed E-state index contributed by atoms with van der Waals surface area (Å²) in [6.07, 6.45) is -4.94. The molecule has 0 spiro atoms. The summed E-state index contributed by atoms with van der Waals surface area (Å²) in [5, 5.41) is 12.3. The first kappa shape index (κ1) is 23.5. The van der Waals surface area contributed by atoms with Gasteiger partial charge in [-0.1, -0.05) is 12.1 Å². The van der Waals surface area contributed by atoms with Crippen molar-refractivity contribution in [1.82, 2.24) is 0 Å². The van der Waals surface area contributed by atoms with Crippen LogP contribution in [0.2, 0.25) is 0 Å². The number of carbonyl (C=O) groups is 2. The first-order chi connectivity index (χ1) is 14.6. The van der Waals surface area contributed by atoms with Gasteiger partial charge in [-0.05, 0) is 50.9 Å². The number of hydrogen-bond acceptors (Lipinski definition) is 6. The Morgan fingerprint density at radius 1 is 1.16 bits per heavy atom. The van der Waals surface area contributed by atoms with Crippen molar-refractivity contribution in [3.05, 3.63) is 59.2 Å². The molecule has 2 aromatic rings. The van der Waals surface area contributed by atoms with Gasteiger partial charge in [-0.3, -0.25) is 4.99 Å². The lowest BCUT2D eigenvalue weighted by Gasteiger charge is -2.19. The largest absolute Gasteiger partial charge is 0.573 e. The van der Waals surface area contributed by atoms with Crippen molar-refractivity contribution < 1.29 is 37.3 Å². The van der Waals surface area contributed by atoms with Crippen LogP contribution in [0.1, 0.15) is 29.8 Å². The number of aromatic carboxylic acids is 1. The second-order valence-electron chi connectivity index (χ2n) is 6.08. The van der Waals surface area contributed by atoms with Crippen LogP contribution in [0.15, 0.2) is 53.0 Å². The first-order valence-electron chi connectivity index (χ1n) is 8.91. The van der Waals surface area contributed by atoms with Gasteiger partial charge in [0, 0.05) is 5.56 Å². The second-order valence-corrected chi connectivity index (χ2v) is 6.08. The van der Waals surface area contributed by atoms with Crippen molar-refractivity contribution in [2.75, 3.05) is 11.9 Å². The van der Waals surface area contributed by atoms with Crippen LogP contribution < -0.4 is 10.1 Å². The van der Waals surface area contributed by atoms with Gasteiger partial charge < -0.3 is 19.9 Å². The number of hydrogen-bond donors (Lipinski definition) is 2. The summed E-state index contributed by atoms with van der Waals surface area (Å²) in [7, 11) is 0. The van der Waals surface area contributed by atoms with Crippen molar-refractivity contribution in [3.63, 3.8) is 0 Å². The summed E-state index contributed by atoms with van der Waals surface area (Å²) in [4.78, 5) is 27.7. The number of esters is 1. The molecule has 0 amide bonds. The maximum atomic E-state index is 12.7. The summed E-state index contributed by atoms with van der Waals surface area (Å²) >= 11 is 0. The van der Waals surface area contributed by atoms with Gasteiger partial charge in [-0.2, -0.15) is 0 Å². The molecule has 0 bridgehead atoms. The van der Waals surface area contributed by atoms with E-state index in [1.807, 2.05) is 0 Å². The number of nitrogens with zero attached hydrogens (tertiary/aromatic N) is 1. The topological polar surface area (TPSA) is 97.2 Å². The molecule has 0 unspecified atom stereocenters. The number of nitrogens with one attached hydrogen (secondary N) is 1. The van der Waals surface area contributed by atoms with E-state index >= 15 is 0 Å². The van der Waals surface area contributed by atoms with Gasteiger partial charge in [0.2, 0.25) is 0 Å². The highest BCUT2D eigenvalue weighted by Crippen LogP contribution is 2.35.